The second-order valence-corrected chi connectivity index (χ2v) is 4.05. The van der Waals surface area contributed by atoms with Crippen LogP contribution >= 0.6 is 12.4 Å². The van der Waals surface area contributed by atoms with Crippen molar-refractivity contribution in [2.75, 3.05) is 13.7 Å². The topological polar surface area (TPSA) is 21.3 Å². The van der Waals surface area contributed by atoms with Crippen molar-refractivity contribution >= 4 is 12.4 Å². The number of para-hydroxylation sites is 1. The summed E-state index contributed by atoms with van der Waals surface area (Å²) in [7, 11) is 1.72. The van der Waals surface area contributed by atoms with Gasteiger partial charge in [-0.15, -0.1) is 12.4 Å². The molecule has 0 spiro atoms. The summed E-state index contributed by atoms with van der Waals surface area (Å²) in [5.74, 6) is 0.976. The molecule has 0 unspecified atom stereocenters. The normalized spacial score (nSPS) is 9.76. The van der Waals surface area contributed by atoms with Crippen LogP contribution in [-0.2, 0) is 6.54 Å². The lowest BCUT2D eigenvalue weighted by molar-refractivity contribution is 0.407. The van der Waals surface area contributed by atoms with Crippen LogP contribution in [0, 0.1) is 0 Å². The third-order valence-corrected chi connectivity index (χ3v) is 2.72. The maximum absolute atomic E-state index is 5.30. The number of rotatable bonds is 8. The second kappa shape index (κ2) is 10.4. The maximum atomic E-state index is 5.30. The molecule has 0 heterocycles. The molecule has 0 aliphatic rings. The lowest BCUT2D eigenvalue weighted by atomic mass is 10.2. The SMILES string of the molecule is CCCCCCNCc1ccccc1OC.Cl. The average Bonchev–Trinajstić information content (AvgIpc) is 2.34. The second-order valence-electron chi connectivity index (χ2n) is 4.05. The fourth-order valence-electron chi connectivity index (χ4n) is 1.75. The minimum absolute atomic E-state index is 0. The van der Waals surface area contributed by atoms with Gasteiger partial charge in [0.05, 0.1) is 7.11 Å². The van der Waals surface area contributed by atoms with Crippen LogP contribution in [0.5, 0.6) is 5.75 Å². The Morgan fingerprint density at radius 3 is 2.59 bits per heavy atom. The van der Waals surface area contributed by atoms with E-state index in [4.69, 9.17) is 4.74 Å². The van der Waals surface area contributed by atoms with Gasteiger partial charge in [-0.05, 0) is 19.0 Å². The highest BCUT2D eigenvalue weighted by molar-refractivity contribution is 5.85. The van der Waals surface area contributed by atoms with Gasteiger partial charge in [0.15, 0.2) is 0 Å². The van der Waals surface area contributed by atoms with Crippen LogP contribution in [0.2, 0.25) is 0 Å². The Bertz CT molecular complexity index is 291. The monoisotopic (exact) mass is 257 g/mol. The lowest BCUT2D eigenvalue weighted by Gasteiger charge is -2.09. The van der Waals surface area contributed by atoms with Crippen molar-refractivity contribution in [1.29, 1.82) is 0 Å². The van der Waals surface area contributed by atoms with Gasteiger partial charge in [0.25, 0.3) is 0 Å². The Morgan fingerprint density at radius 1 is 1.12 bits per heavy atom. The van der Waals surface area contributed by atoms with Crippen LogP contribution < -0.4 is 10.1 Å². The molecule has 0 aromatic heterocycles. The number of hydrogen-bond acceptors (Lipinski definition) is 2. The molecule has 0 saturated carbocycles. The van der Waals surface area contributed by atoms with Crippen LogP contribution in [-0.4, -0.2) is 13.7 Å². The number of ether oxygens (including phenoxy) is 1. The van der Waals surface area contributed by atoms with Gasteiger partial charge < -0.3 is 10.1 Å². The molecular formula is C14H24ClNO. The summed E-state index contributed by atoms with van der Waals surface area (Å²) in [6.45, 7) is 4.23. The van der Waals surface area contributed by atoms with E-state index in [2.05, 4.69) is 24.4 Å². The van der Waals surface area contributed by atoms with Gasteiger partial charge in [-0.3, -0.25) is 0 Å². The van der Waals surface area contributed by atoms with Crippen molar-refractivity contribution in [3.8, 4) is 5.75 Å². The maximum Gasteiger partial charge on any atom is 0.123 e. The molecule has 0 atom stereocenters. The van der Waals surface area contributed by atoms with Crippen molar-refractivity contribution in [2.45, 2.75) is 39.2 Å². The summed E-state index contributed by atoms with van der Waals surface area (Å²) in [4.78, 5) is 0. The van der Waals surface area contributed by atoms with Crippen LogP contribution in [0.3, 0.4) is 0 Å². The van der Waals surface area contributed by atoms with Gasteiger partial charge in [0.1, 0.15) is 5.75 Å². The summed E-state index contributed by atoms with van der Waals surface area (Å²) in [5.41, 5.74) is 1.24. The molecule has 0 amide bonds. The van der Waals surface area contributed by atoms with Crippen molar-refractivity contribution in [3.63, 3.8) is 0 Å². The predicted molar refractivity (Wildman–Crippen MR) is 76.1 cm³/mol. The smallest absolute Gasteiger partial charge is 0.123 e. The molecule has 1 aromatic carbocycles. The van der Waals surface area contributed by atoms with E-state index < -0.39 is 0 Å². The summed E-state index contributed by atoms with van der Waals surface area (Å²) in [6.07, 6.45) is 5.24. The Morgan fingerprint density at radius 2 is 1.88 bits per heavy atom. The molecule has 0 saturated heterocycles. The Balaban J connectivity index is 0.00000256. The number of hydrogen-bond donors (Lipinski definition) is 1. The van der Waals surface area contributed by atoms with Crippen molar-refractivity contribution < 1.29 is 4.74 Å². The predicted octanol–water partition coefficient (Wildman–Crippen LogP) is 3.79. The van der Waals surface area contributed by atoms with Crippen molar-refractivity contribution in [2.24, 2.45) is 0 Å². The minimum atomic E-state index is 0. The summed E-state index contributed by atoms with van der Waals surface area (Å²) in [5, 5.41) is 3.46. The zero-order valence-corrected chi connectivity index (χ0v) is 11.7. The largest absolute Gasteiger partial charge is 0.496 e. The first-order valence-electron chi connectivity index (χ1n) is 6.21. The van der Waals surface area contributed by atoms with Crippen LogP contribution in [0.25, 0.3) is 0 Å². The highest BCUT2D eigenvalue weighted by Crippen LogP contribution is 2.16. The van der Waals surface area contributed by atoms with Crippen LogP contribution in [0.4, 0.5) is 0 Å². The molecule has 3 heteroatoms. The van der Waals surface area contributed by atoms with E-state index in [1.807, 2.05) is 12.1 Å². The Hall–Kier alpha value is -0.730. The van der Waals surface area contributed by atoms with Gasteiger partial charge in [0, 0.05) is 12.1 Å². The first-order chi connectivity index (χ1) is 7.88. The van der Waals surface area contributed by atoms with Gasteiger partial charge in [-0.1, -0.05) is 44.4 Å². The first-order valence-corrected chi connectivity index (χ1v) is 6.21. The fourth-order valence-corrected chi connectivity index (χ4v) is 1.75. The van der Waals surface area contributed by atoms with E-state index in [0.29, 0.717) is 0 Å². The molecule has 98 valence electrons. The van der Waals surface area contributed by atoms with Gasteiger partial charge in [-0.2, -0.15) is 0 Å². The quantitative estimate of drug-likeness (QED) is 0.716. The zero-order valence-electron chi connectivity index (χ0n) is 10.9. The molecule has 1 N–H and O–H groups in total. The fraction of sp³-hybridized carbons (Fsp3) is 0.571. The van der Waals surface area contributed by atoms with E-state index in [-0.39, 0.29) is 12.4 Å². The Kier molecular flexibility index (Phi) is 9.98. The summed E-state index contributed by atoms with van der Waals surface area (Å²) in [6, 6.07) is 8.17. The number of benzene rings is 1. The number of unbranched alkanes of at least 4 members (excludes halogenated alkanes) is 3. The molecule has 0 radical (unpaired) electrons. The van der Waals surface area contributed by atoms with Gasteiger partial charge in [0.2, 0.25) is 0 Å². The molecule has 0 fully saturated rings. The van der Waals surface area contributed by atoms with Crippen molar-refractivity contribution in [1.82, 2.24) is 5.32 Å². The Labute approximate surface area is 111 Å². The van der Waals surface area contributed by atoms with E-state index in [1.165, 1.54) is 31.2 Å². The molecule has 0 aliphatic heterocycles. The van der Waals surface area contributed by atoms with Gasteiger partial charge in [-0.25, -0.2) is 0 Å². The molecule has 1 rings (SSSR count). The standard InChI is InChI=1S/C14H23NO.ClH/c1-3-4-5-8-11-15-12-13-9-6-7-10-14(13)16-2;/h6-7,9-10,15H,3-5,8,11-12H2,1-2H3;1H. The third-order valence-electron chi connectivity index (χ3n) is 2.72. The van der Waals surface area contributed by atoms with E-state index >= 15 is 0 Å². The first kappa shape index (κ1) is 16.3. The molecule has 17 heavy (non-hydrogen) atoms. The lowest BCUT2D eigenvalue weighted by Crippen LogP contribution is -2.15. The number of methoxy groups -OCH3 is 1. The van der Waals surface area contributed by atoms with Crippen LogP contribution in [0.15, 0.2) is 24.3 Å². The molecule has 1 aromatic rings. The number of nitrogens with one attached hydrogen (secondary N) is 1. The van der Waals surface area contributed by atoms with Crippen LogP contribution in [0.1, 0.15) is 38.2 Å². The number of halogens is 1. The zero-order chi connectivity index (χ0) is 11.6. The van der Waals surface area contributed by atoms with Crippen molar-refractivity contribution in [3.05, 3.63) is 29.8 Å². The average molecular weight is 258 g/mol. The molecular weight excluding hydrogens is 234 g/mol. The summed E-state index contributed by atoms with van der Waals surface area (Å²) >= 11 is 0. The molecule has 2 nitrogen and oxygen atoms in total. The summed E-state index contributed by atoms with van der Waals surface area (Å²) < 4.78 is 5.30. The minimum Gasteiger partial charge on any atom is -0.496 e. The third kappa shape index (κ3) is 6.54. The van der Waals surface area contributed by atoms with E-state index in [9.17, 15) is 0 Å². The highest BCUT2D eigenvalue weighted by atomic mass is 35.5. The highest BCUT2D eigenvalue weighted by Gasteiger charge is 1.99. The van der Waals surface area contributed by atoms with E-state index in [1.54, 1.807) is 7.11 Å². The van der Waals surface area contributed by atoms with Gasteiger partial charge >= 0.3 is 0 Å². The molecule has 0 bridgehead atoms. The molecule has 0 aliphatic carbocycles. The van der Waals surface area contributed by atoms with E-state index in [0.717, 1.165) is 18.8 Å².